The van der Waals surface area contributed by atoms with Crippen LogP contribution in [0.1, 0.15) is 48.1 Å². The predicted molar refractivity (Wildman–Crippen MR) is 154 cm³/mol. The van der Waals surface area contributed by atoms with E-state index < -0.39 is 33.5 Å². The van der Waals surface area contributed by atoms with Crippen molar-refractivity contribution in [2.75, 3.05) is 19.6 Å². The molecule has 1 N–H and O–H groups in total. The maximum absolute atomic E-state index is 13.9. The minimum absolute atomic E-state index is 0.00548. The van der Waals surface area contributed by atoms with Crippen molar-refractivity contribution in [1.29, 1.82) is 0 Å². The van der Waals surface area contributed by atoms with Gasteiger partial charge in [-0.05, 0) is 55.0 Å². The zero-order chi connectivity index (χ0) is 29.7. The first-order valence-corrected chi connectivity index (χ1v) is 15.3. The van der Waals surface area contributed by atoms with Crippen LogP contribution in [0.4, 0.5) is 0 Å². The number of carbonyl (C=O) groups excluding carboxylic acids is 2. The van der Waals surface area contributed by atoms with Crippen LogP contribution in [0.25, 0.3) is 10.9 Å². The van der Waals surface area contributed by atoms with E-state index >= 15 is 0 Å². The molecule has 1 aliphatic heterocycles. The molecule has 11 nitrogen and oxygen atoms in total. The molecular weight excluding hydrogens is 560 g/mol. The van der Waals surface area contributed by atoms with E-state index in [1.54, 1.807) is 42.6 Å². The highest BCUT2D eigenvalue weighted by Gasteiger charge is 2.42. The van der Waals surface area contributed by atoms with Gasteiger partial charge in [0, 0.05) is 37.6 Å². The summed E-state index contributed by atoms with van der Waals surface area (Å²) < 4.78 is 39.5. The number of unbranched alkanes of at least 4 members (excludes halogenated alkanes) is 2. The van der Waals surface area contributed by atoms with Crippen LogP contribution in [-0.2, 0) is 27.8 Å². The maximum Gasteiger partial charge on any atom is 0.348 e. The Morgan fingerprint density at radius 2 is 1.90 bits per heavy atom. The van der Waals surface area contributed by atoms with E-state index in [1.165, 1.54) is 29.4 Å². The summed E-state index contributed by atoms with van der Waals surface area (Å²) in [5, 5.41) is 3.35. The summed E-state index contributed by atoms with van der Waals surface area (Å²) in [7, 11) is -4.16. The number of piperazine rings is 1. The lowest BCUT2D eigenvalue weighted by Gasteiger charge is -2.39. The fourth-order valence-corrected chi connectivity index (χ4v) is 6.58. The van der Waals surface area contributed by atoms with Gasteiger partial charge in [-0.3, -0.25) is 14.6 Å². The molecule has 1 aliphatic rings. The minimum atomic E-state index is -4.16. The number of sulfonamides is 1. The van der Waals surface area contributed by atoms with E-state index in [-0.39, 0.29) is 36.6 Å². The number of furan rings is 1. The summed E-state index contributed by atoms with van der Waals surface area (Å²) in [4.78, 5) is 45.1. The Bertz CT molecular complexity index is 1730. The Labute approximate surface area is 243 Å². The molecule has 42 heavy (non-hydrogen) atoms. The molecule has 0 saturated carbocycles. The van der Waals surface area contributed by atoms with E-state index in [0.29, 0.717) is 28.8 Å². The largest absolute Gasteiger partial charge is 0.467 e. The third-order valence-electron chi connectivity index (χ3n) is 7.26. The fourth-order valence-electron chi connectivity index (χ4n) is 4.97. The van der Waals surface area contributed by atoms with Gasteiger partial charge >= 0.3 is 5.63 Å². The van der Waals surface area contributed by atoms with Gasteiger partial charge < -0.3 is 19.1 Å². The maximum atomic E-state index is 13.9. The summed E-state index contributed by atoms with van der Waals surface area (Å²) in [5.41, 5.74) is -0.287. The second kappa shape index (κ2) is 12.7. The first kappa shape index (κ1) is 29.2. The number of hydrogen-bond acceptors (Lipinski definition) is 8. The van der Waals surface area contributed by atoms with E-state index in [4.69, 9.17) is 8.83 Å². The molecule has 0 spiro atoms. The number of fused-ring (bicyclic) bond motifs is 1. The third-order valence-corrected chi connectivity index (χ3v) is 9.16. The van der Waals surface area contributed by atoms with Crippen LogP contribution in [-0.4, -0.2) is 60.1 Å². The van der Waals surface area contributed by atoms with Crippen molar-refractivity contribution in [2.45, 2.75) is 50.1 Å². The fraction of sp³-hybridized carbons (Fsp3) is 0.333. The lowest BCUT2D eigenvalue weighted by Crippen LogP contribution is -2.61. The van der Waals surface area contributed by atoms with Gasteiger partial charge in [-0.2, -0.15) is 4.31 Å². The number of nitrogens with one attached hydrogen (secondary N) is 1. The van der Waals surface area contributed by atoms with Crippen LogP contribution >= 0.6 is 0 Å². The summed E-state index contributed by atoms with van der Waals surface area (Å²) >= 11 is 0. The number of aromatic nitrogens is 1. The van der Waals surface area contributed by atoms with Gasteiger partial charge in [-0.15, -0.1) is 0 Å². The second-order valence-corrected chi connectivity index (χ2v) is 12.0. The monoisotopic (exact) mass is 592 g/mol. The van der Waals surface area contributed by atoms with E-state index in [0.717, 1.165) is 23.6 Å². The van der Waals surface area contributed by atoms with Crippen LogP contribution in [0.5, 0.6) is 0 Å². The van der Waals surface area contributed by atoms with Gasteiger partial charge in [-0.1, -0.05) is 25.8 Å². The van der Waals surface area contributed by atoms with Crippen LogP contribution in [0, 0.1) is 0 Å². The molecular formula is C30H32N4O7S. The quantitative estimate of drug-likeness (QED) is 0.276. The Morgan fingerprint density at radius 3 is 2.67 bits per heavy atom. The third kappa shape index (κ3) is 6.29. The van der Waals surface area contributed by atoms with Crippen LogP contribution in [0.2, 0.25) is 0 Å². The Morgan fingerprint density at radius 1 is 1.05 bits per heavy atom. The van der Waals surface area contributed by atoms with Gasteiger partial charge in [0.1, 0.15) is 23.1 Å². The average Bonchev–Trinajstić information content (AvgIpc) is 3.53. The topological polar surface area (TPSA) is 143 Å². The highest BCUT2D eigenvalue weighted by atomic mass is 32.2. The molecule has 1 saturated heterocycles. The molecule has 4 heterocycles. The number of pyridine rings is 1. The number of carbonyl (C=O) groups is 2. The van der Waals surface area contributed by atoms with Crippen molar-refractivity contribution in [2.24, 2.45) is 0 Å². The molecule has 5 rings (SSSR count). The molecule has 12 heteroatoms. The van der Waals surface area contributed by atoms with Crippen molar-refractivity contribution in [3.05, 3.63) is 94.6 Å². The number of nitrogens with zero attached hydrogens (tertiary/aromatic N) is 3. The van der Waals surface area contributed by atoms with Crippen LogP contribution < -0.4 is 10.9 Å². The molecule has 4 aromatic rings. The Balaban J connectivity index is 1.40. The van der Waals surface area contributed by atoms with Crippen molar-refractivity contribution < 1.29 is 26.8 Å². The molecule has 3 aromatic heterocycles. The first-order chi connectivity index (χ1) is 20.3. The van der Waals surface area contributed by atoms with Crippen LogP contribution in [0.3, 0.4) is 0 Å². The summed E-state index contributed by atoms with van der Waals surface area (Å²) in [6.07, 6.45) is 6.57. The molecule has 1 atom stereocenters. The molecule has 1 unspecified atom stereocenters. The zero-order valence-corrected chi connectivity index (χ0v) is 24.0. The molecule has 220 valence electrons. The average molecular weight is 593 g/mol. The normalized spacial score (nSPS) is 16.0. The number of aryl methyl sites for hydroxylation is 1. The molecule has 1 aromatic carbocycles. The molecule has 0 radical (unpaired) electrons. The number of amides is 2. The first-order valence-electron chi connectivity index (χ1n) is 13.9. The summed E-state index contributed by atoms with van der Waals surface area (Å²) in [5.74, 6) is -0.239. The van der Waals surface area contributed by atoms with E-state index in [9.17, 15) is 22.8 Å². The molecule has 1 fully saturated rings. The summed E-state index contributed by atoms with van der Waals surface area (Å²) in [6.45, 7) is 1.68. The number of benzene rings is 1. The van der Waals surface area contributed by atoms with Crippen molar-refractivity contribution in [3.63, 3.8) is 0 Å². The van der Waals surface area contributed by atoms with E-state index in [2.05, 4.69) is 17.2 Å². The van der Waals surface area contributed by atoms with Gasteiger partial charge in [0.15, 0.2) is 0 Å². The second-order valence-electron chi connectivity index (χ2n) is 10.1. The lowest BCUT2D eigenvalue weighted by molar-refractivity contribution is -0.126. The van der Waals surface area contributed by atoms with Gasteiger partial charge in [0.2, 0.25) is 15.9 Å². The lowest BCUT2D eigenvalue weighted by atomic mass is 10.1. The number of hydrogen-bond donors (Lipinski definition) is 1. The predicted octanol–water partition coefficient (Wildman–Crippen LogP) is 3.35. The van der Waals surface area contributed by atoms with Gasteiger partial charge in [-0.25, -0.2) is 13.2 Å². The van der Waals surface area contributed by atoms with Crippen molar-refractivity contribution in [3.8, 4) is 0 Å². The van der Waals surface area contributed by atoms with Crippen molar-refractivity contribution >= 4 is 32.7 Å². The van der Waals surface area contributed by atoms with Gasteiger partial charge in [0.25, 0.3) is 5.91 Å². The minimum Gasteiger partial charge on any atom is -0.467 e. The van der Waals surface area contributed by atoms with Crippen LogP contribution in [0.15, 0.2) is 85.6 Å². The highest BCUT2D eigenvalue weighted by molar-refractivity contribution is 7.89. The summed E-state index contributed by atoms with van der Waals surface area (Å²) in [6, 6.07) is 13.2. The Hall–Kier alpha value is -4.29. The van der Waals surface area contributed by atoms with Gasteiger partial charge in [0.05, 0.1) is 23.2 Å². The number of rotatable bonds is 10. The Kier molecular flexibility index (Phi) is 8.83. The van der Waals surface area contributed by atoms with E-state index in [1.807, 2.05) is 0 Å². The standard InChI is InChI=1S/C30H32N4O7S/c1-2-3-4-8-22-10-12-25(30(37)41-22)29(36)33-15-16-34(27(20-33)28(35)32-19-23-9-6-17-40-23)42(38,39)24-11-13-26-21(18-24)7-5-14-31-26/h5-7,9-14,17-18,27H,2-4,8,15-16,19-20H2,1H3,(H,32,35). The van der Waals surface area contributed by atoms with Crippen molar-refractivity contribution in [1.82, 2.24) is 19.5 Å². The highest BCUT2D eigenvalue weighted by Crippen LogP contribution is 2.25. The zero-order valence-electron chi connectivity index (χ0n) is 23.2. The molecule has 2 amide bonds. The SMILES string of the molecule is CCCCCc1ccc(C(=O)N2CCN(S(=O)(=O)c3ccc4ncccc4c3)C(C(=O)NCc3ccco3)C2)c(=O)o1. The molecule has 0 aliphatic carbocycles. The smallest absolute Gasteiger partial charge is 0.348 e. The molecule has 0 bridgehead atoms.